The molecule has 2 heterocycles. The zero-order valence-corrected chi connectivity index (χ0v) is 22.8. The summed E-state index contributed by atoms with van der Waals surface area (Å²) in [7, 11) is 0. The summed E-state index contributed by atoms with van der Waals surface area (Å²) >= 11 is 0. The van der Waals surface area contributed by atoms with Crippen LogP contribution in [0.15, 0.2) is 59.9 Å². The number of rotatable bonds is 14. The van der Waals surface area contributed by atoms with Gasteiger partial charge in [-0.05, 0) is 67.4 Å². The van der Waals surface area contributed by atoms with E-state index in [0.717, 1.165) is 47.4 Å². The van der Waals surface area contributed by atoms with Gasteiger partial charge in [0.05, 0.1) is 0 Å². The van der Waals surface area contributed by atoms with Crippen LogP contribution in [-0.4, -0.2) is 42.0 Å². The number of hydrogen-bond donors (Lipinski definition) is 1. The Morgan fingerprint density at radius 2 is 1.82 bits per heavy atom. The number of aromatic nitrogens is 1. The first kappa shape index (κ1) is 28.5. The molecule has 0 radical (unpaired) electrons. The first-order valence-corrected chi connectivity index (χ1v) is 14.5. The molecule has 2 aliphatic rings. The lowest BCUT2D eigenvalue weighted by Crippen LogP contribution is -2.34. The smallest absolute Gasteiger partial charge is 0.248 e. The SMILES string of the molecule is O=C([O-])CCCC/C=C(\c1ccc(C2=NC(C(=O)NCCCCC3CCCCC3)CO2)cc1)c1cccnc1. The van der Waals surface area contributed by atoms with E-state index in [1.807, 2.05) is 42.6 Å². The molecule has 1 aromatic heterocycles. The van der Waals surface area contributed by atoms with Crippen molar-refractivity contribution in [2.24, 2.45) is 10.9 Å². The maximum Gasteiger partial charge on any atom is 0.248 e. The Labute approximate surface area is 231 Å². The minimum Gasteiger partial charge on any atom is -0.550 e. The Bertz CT molecular complexity index is 1120. The molecule has 1 unspecified atom stereocenters. The lowest BCUT2D eigenvalue weighted by atomic mass is 9.86. The van der Waals surface area contributed by atoms with Crippen LogP contribution in [-0.2, 0) is 14.3 Å². The number of carbonyl (C=O) groups excluding carboxylic acids is 2. The standard InChI is InChI=1S/C32H41N3O4/c36-30(37)15-6-2-5-14-28(27-13-9-20-33-22-27)25-16-18-26(19-17-25)32-35-29(23-39-32)31(38)34-21-8-7-12-24-10-3-1-4-11-24/h9,13-14,16-20,22,24,29H,1-8,10-12,15,21,23H2,(H,34,38)(H,36,37)/p-1/b28-14+. The van der Waals surface area contributed by atoms with Gasteiger partial charge >= 0.3 is 0 Å². The largest absolute Gasteiger partial charge is 0.550 e. The minimum absolute atomic E-state index is 0.0697. The van der Waals surface area contributed by atoms with Crippen LogP contribution < -0.4 is 10.4 Å². The van der Waals surface area contributed by atoms with Crippen molar-refractivity contribution in [3.8, 4) is 0 Å². The third-order valence-electron chi connectivity index (χ3n) is 7.62. The molecule has 0 spiro atoms. The van der Waals surface area contributed by atoms with Crippen molar-refractivity contribution in [1.29, 1.82) is 0 Å². The number of amides is 1. The molecule has 2 aromatic rings. The molecule has 7 heteroatoms. The van der Waals surface area contributed by atoms with E-state index in [2.05, 4.69) is 21.4 Å². The fourth-order valence-electron chi connectivity index (χ4n) is 5.41. The Kier molecular flexibility index (Phi) is 11.1. The summed E-state index contributed by atoms with van der Waals surface area (Å²) in [6.07, 6.45) is 18.2. The average molecular weight is 531 g/mol. The maximum absolute atomic E-state index is 12.6. The number of aliphatic carboxylic acids is 1. The number of benzene rings is 1. The van der Waals surface area contributed by atoms with Gasteiger partial charge in [0, 0.05) is 36.0 Å². The quantitative estimate of drug-likeness (QED) is 0.352. The number of carbonyl (C=O) groups is 2. The molecular formula is C32H40N3O4-. The number of carboxylic acid groups (broad SMARTS) is 1. The Morgan fingerprint density at radius 1 is 1.00 bits per heavy atom. The van der Waals surface area contributed by atoms with Gasteiger partial charge in [-0.2, -0.15) is 0 Å². The summed E-state index contributed by atoms with van der Waals surface area (Å²) < 4.78 is 5.79. The number of unbranched alkanes of at least 4 members (excludes halogenated alkanes) is 3. The highest BCUT2D eigenvalue weighted by Crippen LogP contribution is 2.28. The molecule has 1 atom stereocenters. The number of nitrogens with zero attached hydrogens (tertiary/aromatic N) is 2. The Morgan fingerprint density at radius 3 is 2.56 bits per heavy atom. The van der Waals surface area contributed by atoms with Gasteiger partial charge in [-0.15, -0.1) is 0 Å². The van der Waals surface area contributed by atoms with Crippen molar-refractivity contribution in [3.05, 3.63) is 71.6 Å². The Balaban J connectivity index is 1.30. The van der Waals surface area contributed by atoms with E-state index in [4.69, 9.17) is 4.74 Å². The second-order valence-electron chi connectivity index (χ2n) is 10.6. The van der Waals surface area contributed by atoms with Gasteiger partial charge in [0.15, 0.2) is 6.04 Å². The molecule has 1 aliphatic carbocycles. The van der Waals surface area contributed by atoms with Gasteiger partial charge < -0.3 is 20.0 Å². The summed E-state index contributed by atoms with van der Waals surface area (Å²) in [5, 5.41) is 13.7. The number of carboxylic acids is 1. The summed E-state index contributed by atoms with van der Waals surface area (Å²) in [5.41, 5.74) is 3.89. The summed E-state index contributed by atoms with van der Waals surface area (Å²) in [6.45, 7) is 0.954. The molecule has 208 valence electrons. The molecule has 0 bridgehead atoms. The van der Waals surface area contributed by atoms with Gasteiger partial charge in [0.1, 0.15) is 6.61 Å². The zero-order valence-electron chi connectivity index (χ0n) is 22.8. The number of ether oxygens (including phenoxy) is 1. The van der Waals surface area contributed by atoms with Crippen LogP contribution in [0.3, 0.4) is 0 Å². The summed E-state index contributed by atoms with van der Waals surface area (Å²) in [5.74, 6) is 0.297. The highest BCUT2D eigenvalue weighted by Gasteiger charge is 2.26. The molecule has 0 saturated heterocycles. The molecule has 1 aliphatic heterocycles. The first-order chi connectivity index (χ1) is 19.1. The number of aliphatic imine (C=N–C) groups is 1. The van der Waals surface area contributed by atoms with E-state index in [9.17, 15) is 14.7 Å². The van der Waals surface area contributed by atoms with E-state index in [-0.39, 0.29) is 18.9 Å². The van der Waals surface area contributed by atoms with Crippen molar-refractivity contribution >= 4 is 23.3 Å². The van der Waals surface area contributed by atoms with E-state index in [1.54, 1.807) is 6.20 Å². The fraction of sp³-hybridized carbons (Fsp3) is 0.500. The average Bonchev–Trinajstić information content (AvgIpc) is 3.46. The van der Waals surface area contributed by atoms with Crippen LogP contribution in [0.2, 0.25) is 0 Å². The van der Waals surface area contributed by atoms with Crippen LogP contribution in [0, 0.1) is 5.92 Å². The van der Waals surface area contributed by atoms with Gasteiger partial charge in [-0.1, -0.05) is 69.2 Å². The van der Waals surface area contributed by atoms with E-state index in [0.29, 0.717) is 18.9 Å². The molecule has 7 nitrogen and oxygen atoms in total. The predicted molar refractivity (Wildman–Crippen MR) is 151 cm³/mol. The van der Waals surface area contributed by atoms with Crippen LogP contribution in [0.4, 0.5) is 0 Å². The van der Waals surface area contributed by atoms with Crippen molar-refractivity contribution in [2.75, 3.05) is 13.2 Å². The first-order valence-electron chi connectivity index (χ1n) is 14.5. The molecule has 1 saturated carbocycles. The van der Waals surface area contributed by atoms with Crippen molar-refractivity contribution in [2.45, 2.75) is 83.1 Å². The molecule has 1 fully saturated rings. The van der Waals surface area contributed by atoms with Crippen LogP contribution in [0.1, 0.15) is 93.7 Å². The normalized spacial score (nSPS) is 17.9. The molecule has 1 N–H and O–H groups in total. The Hall–Kier alpha value is -3.48. The predicted octanol–water partition coefficient (Wildman–Crippen LogP) is 4.84. The second kappa shape index (κ2) is 15.2. The van der Waals surface area contributed by atoms with E-state index >= 15 is 0 Å². The van der Waals surface area contributed by atoms with Crippen molar-refractivity contribution < 1.29 is 19.4 Å². The van der Waals surface area contributed by atoms with Gasteiger partial charge in [0.25, 0.3) is 0 Å². The maximum atomic E-state index is 12.6. The topological polar surface area (TPSA) is 104 Å². The fourth-order valence-corrected chi connectivity index (χ4v) is 5.41. The van der Waals surface area contributed by atoms with E-state index in [1.165, 1.54) is 44.9 Å². The second-order valence-corrected chi connectivity index (χ2v) is 10.6. The third-order valence-corrected chi connectivity index (χ3v) is 7.62. The molecule has 1 aromatic carbocycles. The molecule has 4 rings (SSSR count). The highest BCUT2D eigenvalue weighted by atomic mass is 16.5. The molecule has 1 amide bonds. The lowest BCUT2D eigenvalue weighted by molar-refractivity contribution is -0.305. The van der Waals surface area contributed by atoms with Crippen LogP contribution in [0.25, 0.3) is 5.57 Å². The third kappa shape index (κ3) is 9.05. The van der Waals surface area contributed by atoms with Crippen LogP contribution in [0.5, 0.6) is 0 Å². The van der Waals surface area contributed by atoms with Crippen molar-refractivity contribution in [3.63, 3.8) is 0 Å². The van der Waals surface area contributed by atoms with Crippen molar-refractivity contribution in [1.82, 2.24) is 10.3 Å². The monoisotopic (exact) mass is 530 g/mol. The minimum atomic E-state index is -1.01. The number of pyridine rings is 1. The summed E-state index contributed by atoms with van der Waals surface area (Å²) in [4.78, 5) is 32.1. The number of hydrogen-bond acceptors (Lipinski definition) is 6. The van der Waals surface area contributed by atoms with Gasteiger partial charge in [-0.25, -0.2) is 4.99 Å². The van der Waals surface area contributed by atoms with E-state index < -0.39 is 12.0 Å². The summed E-state index contributed by atoms with van der Waals surface area (Å²) in [6, 6.07) is 11.3. The molecular weight excluding hydrogens is 490 g/mol. The lowest BCUT2D eigenvalue weighted by Gasteiger charge is -2.21. The molecule has 39 heavy (non-hydrogen) atoms. The van der Waals surface area contributed by atoms with Gasteiger partial charge in [-0.3, -0.25) is 9.78 Å². The zero-order chi connectivity index (χ0) is 27.3. The van der Waals surface area contributed by atoms with Crippen LogP contribution >= 0.6 is 0 Å². The number of allylic oxidation sites excluding steroid dienone is 1. The number of nitrogens with one attached hydrogen (secondary N) is 1. The highest BCUT2D eigenvalue weighted by molar-refractivity contribution is 5.98. The van der Waals surface area contributed by atoms with Gasteiger partial charge in [0.2, 0.25) is 11.8 Å².